The van der Waals surface area contributed by atoms with Gasteiger partial charge in [0, 0.05) is 63.3 Å². The molecule has 1 saturated heterocycles. The molecule has 0 aromatic heterocycles. The van der Waals surface area contributed by atoms with Crippen molar-refractivity contribution < 1.29 is 64.1 Å². The maximum atomic E-state index is 14.3. The number of ketones is 1. The zero-order valence-electron chi connectivity index (χ0n) is 50.4. The Hall–Kier alpha value is -9.47. The molecule has 1 heterocycles. The van der Waals surface area contributed by atoms with E-state index in [1.54, 1.807) is 111 Å². The fourth-order valence-electron chi connectivity index (χ4n) is 10.8. The lowest BCUT2D eigenvalue weighted by Crippen LogP contribution is -2.53. The molecule has 2 unspecified atom stereocenters. The number of methoxy groups -OCH3 is 2. The number of piperidine rings is 1. The Morgan fingerprint density at radius 3 is 1.79 bits per heavy atom. The molecule has 0 bridgehead atoms. The summed E-state index contributed by atoms with van der Waals surface area (Å²) in [6, 6.07) is 42.1. The molecule has 466 valence electrons. The highest BCUT2D eigenvalue weighted by molar-refractivity contribution is 7.86. The minimum Gasteiger partial charge on any atom is -0.493 e. The Morgan fingerprint density at radius 2 is 1.20 bits per heavy atom. The highest BCUT2D eigenvalue weighted by atomic mass is 32.2. The van der Waals surface area contributed by atoms with Crippen LogP contribution in [0, 0.1) is 5.41 Å². The Kier molecular flexibility index (Phi) is 20.2. The van der Waals surface area contributed by atoms with Crippen LogP contribution in [0.1, 0.15) is 105 Å². The number of aryl methyl sites for hydroxylation is 1. The van der Waals surface area contributed by atoms with Crippen LogP contribution in [0.15, 0.2) is 161 Å². The number of hydrogen-bond acceptors (Lipinski definition) is 13. The molecule has 0 spiro atoms. The number of likely N-dealkylation sites (tertiary alicyclic amines) is 1. The van der Waals surface area contributed by atoms with Crippen LogP contribution in [-0.4, -0.2) is 87.1 Å². The van der Waals surface area contributed by atoms with E-state index in [1.165, 1.54) is 37.3 Å². The number of carbonyl (C=O) groups is 5. The zero-order valence-corrected chi connectivity index (χ0v) is 52.0. The maximum Gasteiger partial charge on any atom is 0.329 e. The monoisotopic (exact) mass is 1250 g/mol. The second-order valence-electron chi connectivity index (χ2n) is 22.6. The Balaban J connectivity index is 0.890. The lowest BCUT2D eigenvalue weighted by Gasteiger charge is -2.36. The van der Waals surface area contributed by atoms with Gasteiger partial charge in [0.2, 0.25) is 17.6 Å². The van der Waals surface area contributed by atoms with Crippen LogP contribution >= 0.6 is 0 Å². The number of hydrogen-bond donors (Lipinski definition) is 5. The lowest BCUT2D eigenvalue weighted by molar-refractivity contribution is -0.164. The first kappa shape index (κ1) is 65.0. The summed E-state index contributed by atoms with van der Waals surface area (Å²) in [6.07, 6.45) is 8.10. The summed E-state index contributed by atoms with van der Waals surface area (Å²) in [5.41, 5.74) is 11.8. The molecule has 3 amide bonds. The summed E-state index contributed by atoms with van der Waals surface area (Å²) in [6.45, 7) is 5.48. The van der Waals surface area contributed by atoms with Crippen LogP contribution in [0.25, 0.3) is 57.0 Å². The molecule has 6 N–H and O–H groups in total. The molecule has 0 saturated carbocycles. The Bertz CT molecular complexity index is 4350. The number of Topliss-reactive ketones (excluding diaryl/α,β-unsaturated/α-hetero) is 1. The van der Waals surface area contributed by atoms with Crippen molar-refractivity contribution in [1.29, 1.82) is 0 Å². The number of amides is 3. The standard InChI is InChI=1S/C70H70N4O14S2/c1-6-70(2,3)67(77)68(78)74-39-12-11-20-57(74)69(79)88-58(35-27-46-28-36-59(86-4)60(40-46)87-5)49-14-13-15-52(41-49)72-63(75)37-38-64(76)73-66-51(43-62(90(83,84)85)54-17-8-10-19-56(54)66)34-26-45-23-31-48(32-24-45)47-29-21-44(22-30-47)25-33-50-42-61(89(80,81)82)53-16-7-9-18-55(53)65(50)71/h7-10,13-19,21-26,28-34,36,40-43,57-58H,6,11-12,20,27,35,37-39,71H2,1-5H3,(H,72,75)(H,73,76)(H,80,81,82)(H,83,84,85)/b33-25+,34-26+. The number of rotatable bonds is 23. The average molecular weight is 1260 g/mol. The highest BCUT2D eigenvalue weighted by Gasteiger charge is 2.41. The SMILES string of the molecule is CCC(C)(C)C(=O)C(=O)N1CCCCC1C(=O)OC(CCc1ccc(OC)c(OC)c1)c1cccc(NC(=O)CCC(=O)Nc2c(/C=C/c3ccc(-c4ccc(/C=C/c5cc(S(=O)(=O)O)c6ccccc6c5N)cc4)cc3)cc(S(=O)(=O)O)c3ccccc23)c1. The molecule has 0 radical (unpaired) electrons. The third-order valence-corrected chi connectivity index (χ3v) is 18.0. The van der Waals surface area contributed by atoms with Crippen LogP contribution in [-0.2, 0) is 55.4 Å². The topological polar surface area (TPSA) is 275 Å². The van der Waals surface area contributed by atoms with E-state index in [0.717, 1.165) is 22.3 Å². The second kappa shape index (κ2) is 27.9. The number of fused-ring (bicyclic) bond motifs is 2. The minimum atomic E-state index is -4.76. The van der Waals surface area contributed by atoms with Gasteiger partial charge in [-0.3, -0.25) is 28.3 Å². The van der Waals surface area contributed by atoms with Crippen molar-refractivity contribution in [3.8, 4) is 22.6 Å². The molecule has 9 rings (SSSR count). The first-order valence-electron chi connectivity index (χ1n) is 29.3. The van der Waals surface area contributed by atoms with E-state index >= 15 is 0 Å². The minimum absolute atomic E-state index is 0.156. The predicted molar refractivity (Wildman–Crippen MR) is 350 cm³/mol. The van der Waals surface area contributed by atoms with Crippen LogP contribution in [0.3, 0.4) is 0 Å². The first-order chi connectivity index (χ1) is 43.0. The average Bonchev–Trinajstić information content (AvgIpc) is 1.06. The van der Waals surface area contributed by atoms with Gasteiger partial charge >= 0.3 is 5.97 Å². The van der Waals surface area contributed by atoms with Gasteiger partial charge in [0.25, 0.3) is 26.1 Å². The number of esters is 1. The number of anilines is 3. The Morgan fingerprint density at radius 1 is 0.644 bits per heavy atom. The lowest BCUT2D eigenvalue weighted by atomic mass is 9.84. The molecule has 20 heteroatoms. The number of carbonyl (C=O) groups excluding carboxylic acids is 5. The summed E-state index contributed by atoms with van der Waals surface area (Å²) in [5.74, 6) is -1.96. The maximum absolute atomic E-state index is 14.3. The van der Waals surface area contributed by atoms with Gasteiger partial charge < -0.3 is 35.5 Å². The fraction of sp³-hybridized carbons (Fsp3) is 0.243. The summed E-state index contributed by atoms with van der Waals surface area (Å²) in [7, 11) is -6.23. The molecular formula is C70H70N4O14S2. The van der Waals surface area contributed by atoms with E-state index < -0.39 is 67.3 Å². The quantitative estimate of drug-likeness (QED) is 0.0131. The van der Waals surface area contributed by atoms with Gasteiger partial charge in [0.05, 0.1) is 19.9 Å². The number of nitrogens with one attached hydrogen (secondary N) is 2. The van der Waals surface area contributed by atoms with E-state index in [-0.39, 0.29) is 52.2 Å². The summed E-state index contributed by atoms with van der Waals surface area (Å²) in [4.78, 5) is 69.6. The normalized spacial score (nSPS) is 14.2. The molecule has 18 nitrogen and oxygen atoms in total. The Labute approximate surface area is 523 Å². The molecule has 1 fully saturated rings. The van der Waals surface area contributed by atoms with Crippen molar-refractivity contribution in [2.24, 2.45) is 5.41 Å². The van der Waals surface area contributed by atoms with Crippen LogP contribution in [0.4, 0.5) is 17.1 Å². The van der Waals surface area contributed by atoms with Crippen molar-refractivity contribution in [3.05, 3.63) is 185 Å². The molecule has 0 aliphatic carbocycles. The van der Waals surface area contributed by atoms with Crippen LogP contribution < -0.4 is 25.8 Å². The van der Waals surface area contributed by atoms with Gasteiger partial charge in [0.15, 0.2) is 11.5 Å². The highest BCUT2D eigenvalue weighted by Crippen LogP contribution is 2.38. The van der Waals surface area contributed by atoms with Crippen LogP contribution in [0.5, 0.6) is 11.5 Å². The molecule has 1 aliphatic rings. The predicted octanol–water partition coefficient (Wildman–Crippen LogP) is 13.1. The number of nitrogens with two attached hydrogens (primary N) is 1. The van der Waals surface area contributed by atoms with E-state index in [1.807, 2.05) is 67.6 Å². The molecule has 8 aromatic carbocycles. The first-order valence-corrected chi connectivity index (χ1v) is 32.2. The van der Waals surface area contributed by atoms with Gasteiger partial charge in [-0.1, -0.05) is 160 Å². The van der Waals surface area contributed by atoms with Crippen molar-refractivity contribution in [2.45, 2.75) is 94.1 Å². The van der Waals surface area contributed by atoms with Crippen molar-refractivity contribution >= 4 is 113 Å². The number of nitrogen functional groups attached to an aromatic ring is 1. The molecule has 1 aliphatic heterocycles. The van der Waals surface area contributed by atoms with Gasteiger partial charge in [-0.25, -0.2) is 4.79 Å². The summed E-state index contributed by atoms with van der Waals surface area (Å²) >= 11 is 0. The van der Waals surface area contributed by atoms with E-state index in [4.69, 9.17) is 19.9 Å². The van der Waals surface area contributed by atoms with Crippen LogP contribution in [0.2, 0.25) is 0 Å². The van der Waals surface area contributed by atoms with Crippen molar-refractivity contribution in [3.63, 3.8) is 0 Å². The number of ether oxygens (including phenoxy) is 3. The van der Waals surface area contributed by atoms with E-state index in [9.17, 15) is 49.9 Å². The van der Waals surface area contributed by atoms with Gasteiger partial charge in [0.1, 0.15) is 21.9 Å². The third kappa shape index (κ3) is 15.3. The molecular weight excluding hydrogens is 1180 g/mol. The molecule has 8 aromatic rings. The van der Waals surface area contributed by atoms with Gasteiger partial charge in [-0.05, 0) is 114 Å². The molecule has 90 heavy (non-hydrogen) atoms. The van der Waals surface area contributed by atoms with E-state index in [2.05, 4.69) is 10.6 Å². The second-order valence-corrected chi connectivity index (χ2v) is 25.4. The largest absolute Gasteiger partial charge is 0.493 e. The third-order valence-electron chi connectivity index (χ3n) is 16.3. The molecule has 2 atom stereocenters. The van der Waals surface area contributed by atoms with Gasteiger partial charge in [-0.2, -0.15) is 16.8 Å². The van der Waals surface area contributed by atoms with Crippen molar-refractivity contribution in [2.75, 3.05) is 37.1 Å². The van der Waals surface area contributed by atoms with E-state index in [0.29, 0.717) is 87.8 Å². The summed E-state index contributed by atoms with van der Waals surface area (Å²) < 4.78 is 87.8. The summed E-state index contributed by atoms with van der Waals surface area (Å²) in [5, 5.41) is 7.04. The smallest absolute Gasteiger partial charge is 0.329 e. The van der Waals surface area contributed by atoms with Crippen molar-refractivity contribution in [1.82, 2.24) is 4.90 Å². The zero-order chi connectivity index (χ0) is 64.5. The van der Waals surface area contributed by atoms with Gasteiger partial charge in [-0.15, -0.1) is 0 Å². The number of benzene rings is 8. The fourth-order valence-corrected chi connectivity index (χ4v) is 12.3. The number of nitrogens with zero attached hydrogens (tertiary/aromatic N) is 1.